The van der Waals surface area contributed by atoms with Gasteiger partial charge in [0, 0.05) is 29.7 Å². The predicted octanol–water partition coefficient (Wildman–Crippen LogP) is 7.84. The number of hydrogen-bond donors (Lipinski definition) is 1. The van der Waals surface area contributed by atoms with E-state index in [1.165, 1.54) is 0 Å². The normalized spacial score (nSPS) is 27.7. The molecule has 2 aromatic heterocycles. The van der Waals surface area contributed by atoms with E-state index < -0.39 is 34.8 Å². The number of halogens is 4. The molecule has 7 nitrogen and oxygen atoms in total. The number of ether oxygens (including phenoxy) is 1. The third-order valence-electron chi connectivity index (χ3n) is 10.9. The fourth-order valence-corrected chi connectivity index (χ4v) is 8.35. The van der Waals surface area contributed by atoms with Crippen LogP contribution < -0.4 is 0 Å². The highest BCUT2D eigenvalue weighted by Crippen LogP contribution is 2.67. The molecule has 3 aliphatic rings. The van der Waals surface area contributed by atoms with Crippen molar-refractivity contribution in [2.45, 2.75) is 90.9 Å². The van der Waals surface area contributed by atoms with Crippen LogP contribution in [0.1, 0.15) is 93.9 Å². The number of hydrogen-bond acceptors (Lipinski definition) is 4. The quantitative estimate of drug-likeness (QED) is 0.257. The van der Waals surface area contributed by atoms with Crippen molar-refractivity contribution in [2.75, 3.05) is 13.2 Å². The number of aromatic amines is 1. The van der Waals surface area contributed by atoms with Crippen molar-refractivity contribution in [3.05, 3.63) is 52.4 Å². The van der Waals surface area contributed by atoms with Gasteiger partial charge < -0.3 is 14.6 Å². The van der Waals surface area contributed by atoms with Gasteiger partial charge in [0.25, 0.3) is 5.91 Å². The van der Waals surface area contributed by atoms with Gasteiger partial charge in [-0.3, -0.25) is 14.3 Å². The number of benzene rings is 1. The van der Waals surface area contributed by atoms with E-state index in [1.807, 2.05) is 18.3 Å². The predicted molar refractivity (Wildman–Crippen MR) is 161 cm³/mol. The number of esters is 1. The molecule has 1 unspecified atom stereocenters. The van der Waals surface area contributed by atoms with Crippen LogP contribution in [0.25, 0.3) is 10.9 Å². The number of H-pyrrole nitrogens is 1. The van der Waals surface area contributed by atoms with Gasteiger partial charge in [0.1, 0.15) is 0 Å². The Kier molecular flexibility index (Phi) is 7.82. The summed E-state index contributed by atoms with van der Waals surface area (Å²) in [6.45, 7) is 8.51. The molecule has 11 heteroatoms. The fraction of sp³-hybridized carbons (Fsp3) is 0.606. The highest BCUT2D eigenvalue weighted by molar-refractivity contribution is 6.35. The van der Waals surface area contributed by atoms with Gasteiger partial charge in [-0.1, -0.05) is 31.5 Å². The summed E-state index contributed by atoms with van der Waals surface area (Å²) in [5.41, 5.74) is -0.150. The zero-order valence-electron chi connectivity index (χ0n) is 25.6. The zero-order chi connectivity index (χ0) is 31.6. The molecule has 1 aromatic carbocycles. The van der Waals surface area contributed by atoms with E-state index in [4.69, 9.17) is 16.3 Å². The summed E-state index contributed by atoms with van der Waals surface area (Å²) in [5.74, 6) is -0.0290. The Morgan fingerprint density at radius 1 is 1.16 bits per heavy atom. The molecule has 3 fully saturated rings. The van der Waals surface area contributed by atoms with E-state index in [0.29, 0.717) is 49.0 Å². The molecule has 6 rings (SSSR count). The molecule has 1 N–H and O–H groups in total. The first kappa shape index (κ1) is 31.0. The Labute approximate surface area is 260 Å². The van der Waals surface area contributed by atoms with Gasteiger partial charge in [0.05, 0.1) is 34.8 Å². The second kappa shape index (κ2) is 11.1. The minimum Gasteiger partial charge on any atom is -0.466 e. The van der Waals surface area contributed by atoms with Crippen LogP contribution in [0.3, 0.4) is 0 Å². The number of carbonyl (C=O) groups excluding carboxylic acids is 2. The molecule has 1 amide bonds. The summed E-state index contributed by atoms with van der Waals surface area (Å²) in [7, 11) is 0. The van der Waals surface area contributed by atoms with Gasteiger partial charge in [-0.25, -0.2) is 0 Å². The number of rotatable bonds is 8. The Morgan fingerprint density at radius 2 is 1.84 bits per heavy atom. The van der Waals surface area contributed by atoms with E-state index in [9.17, 15) is 22.8 Å². The van der Waals surface area contributed by atoms with Crippen LogP contribution in [-0.2, 0) is 22.1 Å². The van der Waals surface area contributed by atoms with E-state index in [1.54, 1.807) is 24.8 Å². The fourth-order valence-electron chi connectivity index (χ4n) is 8.05. The molecule has 0 saturated heterocycles. The lowest BCUT2D eigenvalue weighted by Crippen LogP contribution is -2.42. The van der Waals surface area contributed by atoms with Crippen molar-refractivity contribution in [1.82, 2.24) is 19.7 Å². The summed E-state index contributed by atoms with van der Waals surface area (Å²) in [4.78, 5) is 31.6. The van der Waals surface area contributed by atoms with Crippen LogP contribution in [-0.4, -0.2) is 50.7 Å². The van der Waals surface area contributed by atoms with Gasteiger partial charge in [0.15, 0.2) is 5.69 Å². The van der Waals surface area contributed by atoms with E-state index in [0.717, 1.165) is 40.2 Å². The highest BCUT2D eigenvalue weighted by atomic mass is 35.5. The molecule has 0 aliphatic heterocycles. The molecule has 238 valence electrons. The van der Waals surface area contributed by atoms with E-state index in [-0.39, 0.29) is 30.6 Å². The molecule has 44 heavy (non-hydrogen) atoms. The lowest BCUT2D eigenvalue weighted by Gasteiger charge is -2.36. The van der Waals surface area contributed by atoms with Crippen molar-refractivity contribution in [2.24, 2.45) is 22.7 Å². The molecule has 3 aliphatic carbocycles. The van der Waals surface area contributed by atoms with Gasteiger partial charge in [-0.2, -0.15) is 18.3 Å². The number of carbonyl (C=O) groups is 2. The van der Waals surface area contributed by atoms with Crippen LogP contribution in [0, 0.1) is 22.7 Å². The Morgan fingerprint density at radius 3 is 2.48 bits per heavy atom. The van der Waals surface area contributed by atoms with Gasteiger partial charge in [0.2, 0.25) is 0 Å². The first-order chi connectivity index (χ1) is 20.8. The molecule has 2 heterocycles. The SMILES string of the molecule is CCOC(=O)C1(C)CCC(n2ncc(C(=O)N(CCc3c[nH]c4cccc(Cl)c34)C3C[C@@H]4[C@H](C3)C4(C)C)c2C(F)(F)F)CC1. The van der Waals surface area contributed by atoms with Gasteiger partial charge in [-0.15, -0.1) is 0 Å². The standard InChI is InChI=1S/C33H40ClF3N4O3/c1-5-44-30(43)32(4)12-9-20(10-13-32)41-28(33(35,36)37)22(18-39-41)29(42)40(21-15-23-24(16-21)31(23,2)3)14-11-19-17-38-26-8-6-7-25(34)27(19)26/h6-8,17-18,20-21,23-24,38H,5,9-16H2,1-4H3/t20?,21?,23-,24+,32?. The maximum atomic E-state index is 14.8. The summed E-state index contributed by atoms with van der Waals surface area (Å²) < 4.78 is 50.5. The molecular formula is C33H40ClF3N4O3. The Balaban J connectivity index is 1.28. The molecule has 3 saturated carbocycles. The third-order valence-corrected chi connectivity index (χ3v) is 11.2. The van der Waals surface area contributed by atoms with Crippen molar-refractivity contribution in [1.29, 1.82) is 0 Å². The molecule has 0 bridgehead atoms. The monoisotopic (exact) mass is 632 g/mol. The average Bonchev–Trinajstić information content (AvgIpc) is 3.53. The molecule has 0 spiro atoms. The number of fused-ring (bicyclic) bond motifs is 2. The molecule has 3 aromatic rings. The van der Waals surface area contributed by atoms with Crippen molar-refractivity contribution in [3.63, 3.8) is 0 Å². The van der Waals surface area contributed by atoms with Crippen molar-refractivity contribution in [3.8, 4) is 0 Å². The van der Waals surface area contributed by atoms with E-state index >= 15 is 0 Å². The number of aromatic nitrogens is 3. The smallest absolute Gasteiger partial charge is 0.433 e. The number of nitrogens with one attached hydrogen (secondary N) is 1. The van der Waals surface area contributed by atoms with Gasteiger partial charge in [-0.05, 0) is 93.7 Å². The number of amides is 1. The molecule has 3 atom stereocenters. The largest absolute Gasteiger partial charge is 0.466 e. The Hall–Kier alpha value is -3.01. The van der Waals surface area contributed by atoms with Crippen molar-refractivity contribution >= 4 is 34.4 Å². The number of nitrogens with zero attached hydrogens (tertiary/aromatic N) is 3. The lowest BCUT2D eigenvalue weighted by atomic mass is 9.74. The second-order valence-electron chi connectivity index (χ2n) is 13.7. The topological polar surface area (TPSA) is 80.2 Å². The van der Waals surface area contributed by atoms with Crippen LogP contribution >= 0.6 is 11.6 Å². The van der Waals surface area contributed by atoms with E-state index in [2.05, 4.69) is 23.9 Å². The van der Waals surface area contributed by atoms with Crippen LogP contribution in [0.2, 0.25) is 5.02 Å². The minimum absolute atomic E-state index is 0.143. The minimum atomic E-state index is -4.78. The first-order valence-corrected chi connectivity index (χ1v) is 16.0. The number of alkyl halides is 3. The summed E-state index contributed by atoms with van der Waals surface area (Å²) in [6, 6.07) is 4.87. The van der Waals surface area contributed by atoms with Crippen molar-refractivity contribution < 1.29 is 27.5 Å². The Bertz CT molecular complexity index is 1560. The molecular weight excluding hydrogens is 593 g/mol. The third kappa shape index (κ3) is 5.31. The summed E-state index contributed by atoms with van der Waals surface area (Å²) in [5, 5.41) is 5.64. The van der Waals surface area contributed by atoms with Gasteiger partial charge >= 0.3 is 12.1 Å². The van der Waals surface area contributed by atoms with Crippen LogP contribution in [0.15, 0.2) is 30.6 Å². The highest BCUT2D eigenvalue weighted by Gasteiger charge is 2.63. The molecule has 0 radical (unpaired) electrons. The summed E-state index contributed by atoms with van der Waals surface area (Å²) >= 11 is 6.50. The van der Waals surface area contributed by atoms with Crippen LogP contribution in [0.5, 0.6) is 0 Å². The zero-order valence-corrected chi connectivity index (χ0v) is 26.4. The lowest BCUT2D eigenvalue weighted by molar-refractivity contribution is -0.157. The van der Waals surface area contributed by atoms with Crippen LogP contribution in [0.4, 0.5) is 13.2 Å². The average molecular weight is 633 g/mol. The first-order valence-electron chi connectivity index (χ1n) is 15.6. The second-order valence-corrected chi connectivity index (χ2v) is 14.2. The maximum Gasteiger partial charge on any atom is 0.433 e. The maximum absolute atomic E-state index is 14.8. The summed E-state index contributed by atoms with van der Waals surface area (Å²) in [6.07, 6.45) is 1.63.